The maximum absolute atomic E-state index is 13.4. The van der Waals surface area contributed by atoms with Crippen LogP contribution in [0, 0.1) is 6.92 Å². The number of rotatable bonds is 6. The normalized spacial score (nSPS) is 13.8. The third kappa shape index (κ3) is 5.16. The first-order chi connectivity index (χ1) is 16.1. The van der Waals surface area contributed by atoms with Gasteiger partial charge in [-0.05, 0) is 30.2 Å². The molecule has 170 valence electrons. The summed E-state index contributed by atoms with van der Waals surface area (Å²) < 4.78 is 10.7. The van der Waals surface area contributed by atoms with Gasteiger partial charge in [0.05, 0.1) is 25.9 Å². The summed E-state index contributed by atoms with van der Waals surface area (Å²) in [6.45, 7) is 4.05. The Morgan fingerprint density at radius 2 is 1.76 bits per heavy atom. The lowest BCUT2D eigenvalue weighted by Crippen LogP contribution is -2.41. The molecule has 0 radical (unpaired) electrons. The number of morpholine rings is 1. The molecule has 1 aromatic heterocycles. The molecule has 1 fully saturated rings. The van der Waals surface area contributed by atoms with Crippen molar-refractivity contribution in [3.63, 3.8) is 0 Å². The molecular weight excluding hydrogens is 436 g/mol. The zero-order valence-corrected chi connectivity index (χ0v) is 19.5. The smallest absolute Gasteiger partial charge is 0.257 e. The fourth-order valence-electron chi connectivity index (χ4n) is 3.77. The summed E-state index contributed by atoms with van der Waals surface area (Å²) >= 11 is 1.42. The summed E-state index contributed by atoms with van der Waals surface area (Å²) in [5.74, 6) is 0.291. The number of carbonyl (C=O) groups is 2. The molecule has 2 heterocycles. The lowest BCUT2D eigenvalue weighted by molar-refractivity contribution is -0.111. The zero-order chi connectivity index (χ0) is 23.2. The van der Waals surface area contributed by atoms with Gasteiger partial charge in [-0.2, -0.15) is 0 Å². The van der Waals surface area contributed by atoms with Crippen molar-refractivity contribution >= 4 is 34.2 Å². The highest BCUT2D eigenvalue weighted by molar-refractivity contribution is 7.20. The van der Waals surface area contributed by atoms with Gasteiger partial charge in [-0.25, -0.2) is 0 Å². The predicted octanol–water partition coefficient (Wildman–Crippen LogP) is 4.86. The van der Waals surface area contributed by atoms with Crippen molar-refractivity contribution in [2.75, 3.05) is 38.7 Å². The van der Waals surface area contributed by atoms with Crippen LogP contribution in [0.15, 0.2) is 60.7 Å². The van der Waals surface area contributed by atoms with Crippen molar-refractivity contribution in [3.05, 3.63) is 77.4 Å². The molecule has 2 amide bonds. The first-order valence-corrected chi connectivity index (χ1v) is 11.6. The number of nitrogens with zero attached hydrogens (tertiary/aromatic N) is 1. The van der Waals surface area contributed by atoms with Crippen molar-refractivity contribution in [3.8, 4) is 16.2 Å². The summed E-state index contributed by atoms with van der Waals surface area (Å²) in [6.07, 6.45) is 3.16. The van der Waals surface area contributed by atoms with Gasteiger partial charge >= 0.3 is 0 Å². The number of benzene rings is 2. The summed E-state index contributed by atoms with van der Waals surface area (Å²) in [5, 5.41) is 3.50. The number of para-hydroxylation sites is 1. The standard InChI is InChI=1S/C26H26N2O4S/c1-18-23(26(30)28-14-16-32-17-15-28)25(33-24(18)20-9-4-3-5-10-20)27-22(29)13-12-19-8-6-7-11-21(19)31-2/h3-13H,14-17H2,1-2H3,(H,27,29)/b13-12+. The highest BCUT2D eigenvalue weighted by atomic mass is 32.1. The average Bonchev–Trinajstić information content (AvgIpc) is 3.18. The van der Waals surface area contributed by atoms with Crippen LogP contribution in [-0.2, 0) is 9.53 Å². The maximum Gasteiger partial charge on any atom is 0.257 e. The highest BCUT2D eigenvalue weighted by Gasteiger charge is 2.27. The van der Waals surface area contributed by atoms with Gasteiger partial charge in [0.25, 0.3) is 5.91 Å². The number of hydrogen-bond donors (Lipinski definition) is 1. The van der Waals surface area contributed by atoms with Crippen molar-refractivity contribution in [2.24, 2.45) is 0 Å². The van der Waals surface area contributed by atoms with Gasteiger partial charge in [-0.3, -0.25) is 9.59 Å². The molecule has 0 bridgehead atoms. The molecule has 0 saturated carbocycles. The Morgan fingerprint density at radius 3 is 2.48 bits per heavy atom. The number of amides is 2. The average molecular weight is 463 g/mol. The fraction of sp³-hybridized carbons (Fsp3) is 0.231. The highest BCUT2D eigenvalue weighted by Crippen LogP contribution is 2.40. The van der Waals surface area contributed by atoms with E-state index < -0.39 is 0 Å². The number of methoxy groups -OCH3 is 1. The minimum Gasteiger partial charge on any atom is -0.496 e. The molecule has 0 atom stereocenters. The molecule has 3 aromatic rings. The number of anilines is 1. The number of nitrogens with one attached hydrogen (secondary N) is 1. The molecule has 33 heavy (non-hydrogen) atoms. The van der Waals surface area contributed by atoms with E-state index in [0.29, 0.717) is 42.6 Å². The Morgan fingerprint density at radius 1 is 1.06 bits per heavy atom. The molecule has 2 aromatic carbocycles. The van der Waals surface area contributed by atoms with Crippen LogP contribution >= 0.6 is 11.3 Å². The van der Waals surface area contributed by atoms with Gasteiger partial charge in [0.15, 0.2) is 0 Å². The SMILES string of the molecule is COc1ccccc1/C=C/C(=O)Nc1sc(-c2ccccc2)c(C)c1C(=O)N1CCOCC1. The van der Waals surface area contributed by atoms with E-state index in [-0.39, 0.29) is 11.8 Å². The number of ether oxygens (including phenoxy) is 2. The van der Waals surface area contributed by atoms with Crippen LogP contribution in [0.3, 0.4) is 0 Å². The topological polar surface area (TPSA) is 67.9 Å². The van der Waals surface area contributed by atoms with Gasteiger partial charge in [-0.15, -0.1) is 11.3 Å². The van der Waals surface area contributed by atoms with Gasteiger partial charge in [-0.1, -0.05) is 48.5 Å². The molecule has 7 heteroatoms. The predicted molar refractivity (Wildman–Crippen MR) is 132 cm³/mol. The summed E-state index contributed by atoms with van der Waals surface area (Å²) in [5.41, 5.74) is 3.22. The fourth-order valence-corrected chi connectivity index (χ4v) is 4.98. The van der Waals surface area contributed by atoms with E-state index in [1.54, 1.807) is 18.1 Å². The summed E-state index contributed by atoms with van der Waals surface area (Å²) in [4.78, 5) is 29.0. The number of thiophene rings is 1. The third-order valence-corrected chi connectivity index (χ3v) is 6.74. The van der Waals surface area contributed by atoms with Gasteiger partial charge in [0.2, 0.25) is 5.91 Å². The van der Waals surface area contributed by atoms with Gasteiger partial charge < -0.3 is 19.7 Å². The van der Waals surface area contributed by atoms with E-state index in [2.05, 4.69) is 5.32 Å². The van der Waals surface area contributed by atoms with E-state index in [1.807, 2.05) is 61.5 Å². The molecule has 1 N–H and O–H groups in total. The zero-order valence-electron chi connectivity index (χ0n) is 18.7. The minimum atomic E-state index is -0.308. The Bertz CT molecular complexity index is 1160. The molecule has 1 aliphatic heterocycles. The van der Waals surface area contributed by atoms with E-state index in [4.69, 9.17) is 9.47 Å². The second-order valence-electron chi connectivity index (χ2n) is 7.60. The van der Waals surface area contributed by atoms with Crippen LogP contribution in [0.5, 0.6) is 5.75 Å². The van der Waals surface area contributed by atoms with E-state index >= 15 is 0 Å². The Balaban J connectivity index is 1.65. The van der Waals surface area contributed by atoms with Crippen LogP contribution in [0.4, 0.5) is 5.00 Å². The van der Waals surface area contributed by atoms with Crippen LogP contribution in [0.1, 0.15) is 21.5 Å². The second kappa shape index (κ2) is 10.5. The molecule has 1 aliphatic rings. The number of carbonyl (C=O) groups excluding carboxylic acids is 2. The second-order valence-corrected chi connectivity index (χ2v) is 8.62. The molecule has 1 saturated heterocycles. The molecule has 4 rings (SSSR count). The monoisotopic (exact) mass is 462 g/mol. The Kier molecular flexibility index (Phi) is 7.22. The van der Waals surface area contributed by atoms with Crippen molar-refractivity contribution in [1.82, 2.24) is 4.90 Å². The first kappa shape index (κ1) is 22.8. The molecule has 6 nitrogen and oxygen atoms in total. The minimum absolute atomic E-state index is 0.0850. The van der Waals surface area contributed by atoms with Crippen LogP contribution in [0.25, 0.3) is 16.5 Å². The van der Waals surface area contributed by atoms with Gasteiger partial charge in [0.1, 0.15) is 10.8 Å². The first-order valence-electron chi connectivity index (χ1n) is 10.8. The van der Waals surface area contributed by atoms with Crippen LogP contribution < -0.4 is 10.1 Å². The van der Waals surface area contributed by atoms with Crippen molar-refractivity contribution in [2.45, 2.75) is 6.92 Å². The van der Waals surface area contributed by atoms with E-state index in [1.165, 1.54) is 17.4 Å². The maximum atomic E-state index is 13.4. The largest absolute Gasteiger partial charge is 0.496 e. The summed E-state index contributed by atoms with van der Waals surface area (Å²) in [6, 6.07) is 17.4. The van der Waals surface area contributed by atoms with E-state index in [9.17, 15) is 9.59 Å². The molecule has 0 spiro atoms. The Hall–Kier alpha value is -3.42. The lowest BCUT2D eigenvalue weighted by Gasteiger charge is -2.27. The lowest BCUT2D eigenvalue weighted by atomic mass is 10.1. The van der Waals surface area contributed by atoms with E-state index in [0.717, 1.165) is 21.6 Å². The number of hydrogen-bond acceptors (Lipinski definition) is 5. The third-order valence-electron chi connectivity index (χ3n) is 5.48. The van der Waals surface area contributed by atoms with Crippen molar-refractivity contribution in [1.29, 1.82) is 0 Å². The van der Waals surface area contributed by atoms with Crippen molar-refractivity contribution < 1.29 is 19.1 Å². The molecule has 0 unspecified atom stereocenters. The quantitative estimate of drug-likeness (QED) is 0.532. The molecule has 0 aliphatic carbocycles. The van der Waals surface area contributed by atoms with Crippen LogP contribution in [-0.4, -0.2) is 50.1 Å². The summed E-state index contributed by atoms with van der Waals surface area (Å²) in [7, 11) is 1.59. The Labute approximate surface area is 197 Å². The molecular formula is C26H26N2O4S. The van der Waals surface area contributed by atoms with Crippen LogP contribution in [0.2, 0.25) is 0 Å². The van der Waals surface area contributed by atoms with Gasteiger partial charge in [0, 0.05) is 29.6 Å².